The Kier molecular flexibility index (Phi) is 6.16. The molecule has 3 aromatic heterocycles. The zero-order valence-corrected chi connectivity index (χ0v) is 16.1. The van der Waals surface area contributed by atoms with Crippen LogP contribution in [0.5, 0.6) is 12.0 Å². The molecule has 8 nitrogen and oxygen atoms in total. The third-order valence-electron chi connectivity index (χ3n) is 4.47. The first kappa shape index (κ1) is 19.0. The number of rotatable bonds is 9. The zero-order valence-electron chi connectivity index (χ0n) is 16.1. The summed E-state index contributed by atoms with van der Waals surface area (Å²) in [5.41, 5.74) is 0.602. The fraction of sp³-hybridized carbons (Fsp3) is 0.526. The van der Waals surface area contributed by atoms with Gasteiger partial charge in [0.05, 0.1) is 0 Å². The molecule has 1 atom stereocenters. The van der Waals surface area contributed by atoms with Gasteiger partial charge in [-0.25, -0.2) is 15.0 Å². The topological polar surface area (TPSA) is 98.6 Å². The maximum absolute atomic E-state index is 13.0. The number of unbranched alkanes of at least 4 members (excludes halogenated alkanes) is 2. The van der Waals surface area contributed by atoms with E-state index in [1.165, 1.54) is 17.4 Å². The van der Waals surface area contributed by atoms with Crippen molar-refractivity contribution in [2.45, 2.75) is 65.3 Å². The van der Waals surface area contributed by atoms with Gasteiger partial charge in [0.25, 0.3) is 5.56 Å². The molecule has 144 valence electrons. The minimum absolute atomic E-state index is 0.150. The fourth-order valence-electron chi connectivity index (χ4n) is 2.97. The van der Waals surface area contributed by atoms with Crippen molar-refractivity contribution in [1.29, 1.82) is 0 Å². The molecule has 1 unspecified atom stereocenters. The van der Waals surface area contributed by atoms with E-state index in [4.69, 9.17) is 4.74 Å². The number of nitrogens with one attached hydrogen (secondary N) is 1. The minimum atomic E-state index is -0.188. The molecule has 0 aliphatic carbocycles. The van der Waals surface area contributed by atoms with E-state index >= 15 is 0 Å². The lowest BCUT2D eigenvalue weighted by molar-refractivity contribution is 0.371. The van der Waals surface area contributed by atoms with Gasteiger partial charge in [-0.15, -0.1) is 0 Å². The summed E-state index contributed by atoms with van der Waals surface area (Å²) in [7, 11) is 0. The van der Waals surface area contributed by atoms with Crippen LogP contribution in [0, 0.1) is 0 Å². The Labute approximate surface area is 158 Å². The molecule has 3 rings (SSSR count). The lowest BCUT2D eigenvalue weighted by Crippen LogP contribution is -2.23. The van der Waals surface area contributed by atoms with E-state index in [-0.39, 0.29) is 23.5 Å². The van der Waals surface area contributed by atoms with Gasteiger partial charge in [-0.2, -0.15) is 4.98 Å². The molecule has 0 radical (unpaired) electrons. The highest BCUT2D eigenvalue weighted by Crippen LogP contribution is 2.22. The van der Waals surface area contributed by atoms with Crippen LogP contribution < -0.4 is 10.3 Å². The van der Waals surface area contributed by atoms with E-state index in [0.29, 0.717) is 17.7 Å². The van der Waals surface area contributed by atoms with E-state index in [9.17, 15) is 4.79 Å². The molecule has 0 saturated carbocycles. The lowest BCUT2D eigenvalue weighted by atomic mass is 10.0. The highest BCUT2D eigenvalue weighted by atomic mass is 16.5. The molecule has 0 bridgehead atoms. The van der Waals surface area contributed by atoms with Gasteiger partial charge in [-0.05, 0) is 18.9 Å². The second-order valence-corrected chi connectivity index (χ2v) is 6.70. The maximum atomic E-state index is 13.0. The summed E-state index contributed by atoms with van der Waals surface area (Å²) >= 11 is 0. The maximum Gasteiger partial charge on any atom is 0.324 e. The van der Waals surface area contributed by atoms with Crippen molar-refractivity contribution in [3.05, 3.63) is 34.6 Å². The van der Waals surface area contributed by atoms with E-state index in [1.54, 1.807) is 18.5 Å². The predicted octanol–water partition coefficient (Wildman–Crippen LogP) is 3.80. The second-order valence-electron chi connectivity index (χ2n) is 6.70. The number of H-pyrrole nitrogens is 1. The van der Waals surface area contributed by atoms with E-state index in [0.717, 1.165) is 25.1 Å². The van der Waals surface area contributed by atoms with Crippen molar-refractivity contribution < 1.29 is 4.74 Å². The molecular weight excluding hydrogens is 344 g/mol. The van der Waals surface area contributed by atoms with E-state index < -0.39 is 0 Å². The third-order valence-corrected chi connectivity index (χ3v) is 4.47. The van der Waals surface area contributed by atoms with Crippen molar-refractivity contribution >= 4 is 11.2 Å². The Bertz CT molecular complexity index is 935. The van der Waals surface area contributed by atoms with Gasteiger partial charge in [0.2, 0.25) is 0 Å². The quantitative estimate of drug-likeness (QED) is 0.575. The van der Waals surface area contributed by atoms with Crippen LogP contribution in [0.1, 0.15) is 64.6 Å². The molecule has 1 N–H and O–H groups in total. The summed E-state index contributed by atoms with van der Waals surface area (Å²) in [5.74, 6) is 1.04. The van der Waals surface area contributed by atoms with Crippen molar-refractivity contribution in [2.75, 3.05) is 0 Å². The molecule has 0 spiro atoms. The number of imidazole rings is 1. The molecule has 0 fully saturated rings. The summed E-state index contributed by atoms with van der Waals surface area (Å²) < 4.78 is 7.18. The van der Waals surface area contributed by atoms with Crippen LogP contribution in [0.3, 0.4) is 0 Å². The Hall–Kier alpha value is -2.77. The molecule has 0 saturated heterocycles. The number of aromatic nitrogens is 6. The van der Waals surface area contributed by atoms with Crippen LogP contribution >= 0.6 is 0 Å². The Balaban J connectivity index is 1.97. The van der Waals surface area contributed by atoms with Crippen molar-refractivity contribution in [3.63, 3.8) is 0 Å². The van der Waals surface area contributed by atoms with Crippen molar-refractivity contribution in [2.24, 2.45) is 0 Å². The Morgan fingerprint density at radius 3 is 2.63 bits per heavy atom. The first-order chi connectivity index (χ1) is 13.1. The number of hydrogen-bond acceptors (Lipinski definition) is 6. The average molecular weight is 370 g/mol. The summed E-state index contributed by atoms with van der Waals surface area (Å²) in [6.45, 7) is 6.79. The first-order valence-electron chi connectivity index (χ1n) is 9.59. The van der Waals surface area contributed by atoms with Gasteiger partial charge in [0.1, 0.15) is 5.82 Å². The smallest absolute Gasteiger partial charge is 0.324 e. The van der Waals surface area contributed by atoms with Crippen molar-refractivity contribution in [3.8, 4) is 12.0 Å². The fourth-order valence-corrected chi connectivity index (χ4v) is 2.97. The minimum Gasteiger partial charge on any atom is -0.390 e. The lowest BCUT2D eigenvalue weighted by Gasteiger charge is -2.09. The molecule has 0 amide bonds. The van der Waals surface area contributed by atoms with Gasteiger partial charge >= 0.3 is 12.0 Å². The first-order valence-corrected chi connectivity index (χ1v) is 9.59. The summed E-state index contributed by atoms with van der Waals surface area (Å²) in [6.07, 6.45) is 8.47. The molecule has 8 heteroatoms. The van der Waals surface area contributed by atoms with Gasteiger partial charge in [-0.3, -0.25) is 9.36 Å². The Morgan fingerprint density at radius 2 is 1.93 bits per heavy atom. The van der Waals surface area contributed by atoms with Crippen LogP contribution in [0.15, 0.2) is 23.3 Å². The summed E-state index contributed by atoms with van der Waals surface area (Å²) in [5, 5.41) is 0. The summed E-state index contributed by atoms with van der Waals surface area (Å²) in [6, 6.07) is 2.01. The predicted molar refractivity (Wildman–Crippen MR) is 103 cm³/mol. The summed E-state index contributed by atoms with van der Waals surface area (Å²) in [4.78, 5) is 33.3. The molecule has 3 heterocycles. The molecule has 0 aliphatic heterocycles. The molecule has 3 aromatic rings. The number of hydrogen-bond donors (Lipinski definition) is 1. The van der Waals surface area contributed by atoms with Crippen LogP contribution in [-0.2, 0) is 6.54 Å². The number of ether oxygens (including phenoxy) is 1. The van der Waals surface area contributed by atoms with Gasteiger partial charge in [0, 0.05) is 24.9 Å². The van der Waals surface area contributed by atoms with Crippen molar-refractivity contribution in [1.82, 2.24) is 29.5 Å². The number of fused-ring (bicyclic) bond motifs is 1. The van der Waals surface area contributed by atoms with Gasteiger partial charge < -0.3 is 9.72 Å². The van der Waals surface area contributed by atoms with Gasteiger partial charge in [-0.1, -0.05) is 40.0 Å². The highest BCUT2D eigenvalue weighted by molar-refractivity contribution is 5.70. The second kappa shape index (κ2) is 8.75. The van der Waals surface area contributed by atoms with E-state index in [2.05, 4.69) is 38.8 Å². The molecule has 27 heavy (non-hydrogen) atoms. The van der Waals surface area contributed by atoms with Crippen LogP contribution in [0.2, 0.25) is 0 Å². The van der Waals surface area contributed by atoms with Crippen LogP contribution in [-0.4, -0.2) is 29.5 Å². The Morgan fingerprint density at radius 1 is 1.15 bits per heavy atom. The number of aromatic amines is 1. The van der Waals surface area contributed by atoms with E-state index in [1.807, 2.05) is 6.92 Å². The third kappa shape index (κ3) is 4.32. The average Bonchev–Trinajstić information content (AvgIpc) is 3.10. The molecular formula is C19H26N6O2. The van der Waals surface area contributed by atoms with Gasteiger partial charge in [0.15, 0.2) is 11.2 Å². The molecule has 0 aromatic carbocycles. The standard InChI is InChI=1S/C19H26N6O2/c1-4-6-7-9-13(3)15-22-14-16(23-15)24-19(25(12-5-2)17(14)26)27-18-20-10-8-11-21-18/h8,10-11,13H,4-7,9,12H2,1-3H3,(H,22,23). The molecule has 0 aliphatic rings. The normalized spacial score (nSPS) is 12.4. The van der Waals surface area contributed by atoms with Crippen LogP contribution in [0.4, 0.5) is 0 Å². The van der Waals surface area contributed by atoms with Crippen LogP contribution in [0.25, 0.3) is 11.2 Å². The monoisotopic (exact) mass is 370 g/mol. The number of nitrogens with zero attached hydrogens (tertiary/aromatic N) is 5. The SMILES string of the molecule is CCCCCC(C)c1nc2nc(Oc3ncccn3)n(CCC)c(=O)c2[nH]1. The largest absolute Gasteiger partial charge is 0.390 e. The zero-order chi connectivity index (χ0) is 19.2. The highest BCUT2D eigenvalue weighted by Gasteiger charge is 2.19.